The van der Waals surface area contributed by atoms with Crippen molar-refractivity contribution in [2.24, 2.45) is 0 Å². The fraction of sp³-hybridized carbons (Fsp3) is 0.214. The van der Waals surface area contributed by atoms with E-state index in [1.807, 2.05) is 0 Å². The van der Waals surface area contributed by atoms with Gasteiger partial charge in [0, 0.05) is 18.4 Å². The van der Waals surface area contributed by atoms with Gasteiger partial charge in [-0.25, -0.2) is 9.59 Å². The SMILES string of the molecule is CCOC(=O)c1cc2ccc(OC(C)=O)cc2oc1=O. The van der Waals surface area contributed by atoms with Gasteiger partial charge in [-0.2, -0.15) is 0 Å². The van der Waals surface area contributed by atoms with Crippen LogP contribution in [0.2, 0.25) is 0 Å². The van der Waals surface area contributed by atoms with Crippen molar-refractivity contribution in [1.82, 2.24) is 0 Å². The minimum absolute atomic E-state index is 0.167. The van der Waals surface area contributed by atoms with Crippen LogP contribution in [0.1, 0.15) is 24.2 Å². The Balaban J connectivity index is 2.48. The highest BCUT2D eigenvalue weighted by Gasteiger charge is 2.15. The molecule has 1 aromatic carbocycles. The molecule has 0 amide bonds. The fourth-order valence-electron chi connectivity index (χ4n) is 1.67. The molecule has 0 aliphatic rings. The Morgan fingerprint density at radius 3 is 2.65 bits per heavy atom. The Kier molecular flexibility index (Phi) is 3.84. The number of carbonyl (C=O) groups excluding carboxylic acids is 2. The summed E-state index contributed by atoms with van der Waals surface area (Å²) in [5.41, 5.74) is -0.739. The minimum Gasteiger partial charge on any atom is -0.462 e. The van der Waals surface area contributed by atoms with Crippen LogP contribution in [0.3, 0.4) is 0 Å². The molecule has 0 N–H and O–H groups in total. The molecule has 0 fully saturated rings. The number of rotatable bonds is 3. The van der Waals surface area contributed by atoms with Crippen molar-refractivity contribution < 1.29 is 23.5 Å². The van der Waals surface area contributed by atoms with Gasteiger partial charge in [0.15, 0.2) is 0 Å². The second-order valence-electron chi connectivity index (χ2n) is 3.96. The molecule has 20 heavy (non-hydrogen) atoms. The average Bonchev–Trinajstić information content (AvgIpc) is 2.37. The van der Waals surface area contributed by atoms with Gasteiger partial charge in [-0.05, 0) is 25.1 Å². The topological polar surface area (TPSA) is 82.8 Å². The van der Waals surface area contributed by atoms with Crippen molar-refractivity contribution in [2.45, 2.75) is 13.8 Å². The Morgan fingerprint density at radius 1 is 1.25 bits per heavy atom. The van der Waals surface area contributed by atoms with Crippen molar-refractivity contribution in [3.05, 3.63) is 40.2 Å². The van der Waals surface area contributed by atoms with Gasteiger partial charge >= 0.3 is 17.6 Å². The molecule has 0 spiro atoms. The standard InChI is InChI=1S/C14H12O6/c1-3-18-13(16)11-6-9-4-5-10(19-8(2)15)7-12(9)20-14(11)17/h4-7H,3H2,1-2H3. The molecule has 0 radical (unpaired) electrons. The fourth-order valence-corrected chi connectivity index (χ4v) is 1.67. The lowest BCUT2D eigenvalue weighted by Crippen LogP contribution is -2.16. The van der Waals surface area contributed by atoms with Gasteiger partial charge in [0.1, 0.15) is 16.9 Å². The summed E-state index contributed by atoms with van der Waals surface area (Å²) in [5, 5.41) is 0.531. The van der Waals surface area contributed by atoms with Crippen molar-refractivity contribution in [2.75, 3.05) is 6.61 Å². The Labute approximate surface area is 113 Å². The number of ether oxygens (including phenoxy) is 2. The van der Waals surface area contributed by atoms with Crippen LogP contribution in [0.15, 0.2) is 33.5 Å². The second kappa shape index (κ2) is 5.56. The molecular formula is C14H12O6. The summed E-state index contributed by atoms with van der Waals surface area (Å²) < 4.78 is 14.7. The molecule has 104 valence electrons. The zero-order valence-corrected chi connectivity index (χ0v) is 11.0. The van der Waals surface area contributed by atoms with E-state index in [1.165, 1.54) is 19.1 Å². The average molecular weight is 276 g/mol. The molecule has 0 saturated heterocycles. The number of carbonyl (C=O) groups is 2. The zero-order chi connectivity index (χ0) is 14.7. The smallest absolute Gasteiger partial charge is 0.351 e. The Morgan fingerprint density at radius 2 is 2.00 bits per heavy atom. The monoisotopic (exact) mass is 276 g/mol. The number of hydrogen-bond donors (Lipinski definition) is 0. The molecular weight excluding hydrogens is 264 g/mol. The number of benzene rings is 1. The molecule has 6 nitrogen and oxygen atoms in total. The maximum atomic E-state index is 11.7. The van der Waals surface area contributed by atoms with E-state index in [2.05, 4.69) is 0 Å². The first-order chi connectivity index (χ1) is 9.51. The second-order valence-corrected chi connectivity index (χ2v) is 3.96. The highest BCUT2D eigenvalue weighted by molar-refractivity contribution is 5.93. The van der Waals surface area contributed by atoms with E-state index in [0.717, 1.165) is 0 Å². The largest absolute Gasteiger partial charge is 0.462 e. The summed E-state index contributed by atoms with van der Waals surface area (Å²) in [7, 11) is 0. The van der Waals surface area contributed by atoms with Gasteiger partial charge in [-0.15, -0.1) is 0 Å². The molecule has 0 aliphatic heterocycles. The molecule has 2 rings (SSSR count). The van der Waals surface area contributed by atoms with E-state index < -0.39 is 17.6 Å². The molecule has 0 aliphatic carbocycles. The van der Waals surface area contributed by atoms with Gasteiger partial charge in [0.2, 0.25) is 0 Å². The van der Waals surface area contributed by atoms with E-state index in [4.69, 9.17) is 13.9 Å². The first-order valence-corrected chi connectivity index (χ1v) is 5.94. The van der Waals surface area contributed by atoms with Crippen LogP contribution in [0.5, 0.6) is 5.75 Å². The van der Waals surface area contributed by atoms with Gasteiger partial charge in [-0.3, -0.25) is 4.79 Å². The summed E-state index contributed by atoms with van der Waals surface area (Å²) in [6, 6.07) is 5.92. The maximum absolute atomic E-state index is 11.7. The van der Waals surface area contributed by atoms with E-state index in [0.29, 0.717) is 5.39 Å². The van der Waals surface area contributed by atoms with Crippen LogP contribution in [0, 0.1) is 0 Å². The number of hydrogen-bond acceptors (Lipinski definition) is 6. The minimum atomic E-state index is -0.795. The van der Waals surface area contributed by atoms with Crippen LogP contribution in [-0.2, 0) is 9.53 Å². The lowest BCUT2D eigenvalue weighted by Gasteiger charge is -2.04. The first-order valence-electron chi connectivity index (χ1n) is 5.94. The summed E-state index contributed by atoms with van der Waals surface area (Å²) in [5.74, 6) is -0.945. The molecule has 0 saturated carbocycles. The number of fused-ring (bicyclic) bond motifs is 1. The predicted octanol–water partition coefficient (Wildman–Crippen LogP) is 1.89. The third-order valence-electron chi connectivity index (χ3n) is 2.46. The summed E-state index contributed by atoms with van der Waals surface area (Å²) in [6.07, 6.45) is 0. The molecule has 2 aromatic rings. The summed E-state index contributed by atoms with van der Waals surface area (Å²) in [4.78, 5) is 34.1. The van der Waals surface area contributed by atoms with Gasteiger partial charge < -0.3 is 13.9 Å². The normalized spacial score (nSPS) is 10.3. The van der Waals surface area contributed by atoms with E-state index in [9.17, 15) is 14.4 Å². The molecule has 0 atom stereocenters. The predicted molar refractivity (Wildman–Crippen MR) is 69.7 cm³/mol. The Hall–Kier alpha value is -2.63. The highest BCUT2D eigenvalue weighted by Crippen LogP contribution is 2.20. The Bertz CT molecular complexity index is 728. The van der Waals surface area contributed by atoms with Crippen molar-refractivity contribution in [3.8, 4) is 5.75 Å². The zero-order valence-electron chi connectivity index (χ0n) is 11.0. The summed E-state index contributed by atoms with van der Waals surface area (Å²) >= 11 is 0. The molecule has 1 aromatic heterocycles. The molecule has 0 unspecified atom stereocenters. The number of esters is 2. The van der Waals surface area contributed by atoms with Crippen LogP contribution in [-0.4, -0.2) is 18.5 Å². The van der Waals surface area contributed by atoms with Gasteiger partial charge in [0.25, 0.3) is 0 Å². The highest BCUT2D eigenvalue weighted by atomic mass is 16.5. The maximum Gasteiger partial charge on any atom is 0.351 e. The lowest BCUT2D eigenvalue weighted by molar-refractivity contribution is -0.131. The lowest BCUT2D eigenvalue weighted by atomic mass is 10.2. The third-order valence-corrected chi connectivity index (χ3v) is 2.46. The molecule has 1 heterocycles. The third kappa shape index (κ3) is 2.85. The first kappa shape index (κ1) is 13.8. The van der Waals surface area contributed by atoms with Crippen LogP contribution < -0.4 is 10.4 Å². The van der Waals surface area contributed by atoms with E-state index in [1.54, 1.807) is 19.1 Å². The van der Waals surface area contributed by atoms with Gasteiger partial charge in [-0.1, -0.05) is 0 Å². The van der Waals surface area contributed by atoms with Gasteiger partial charge in [0.05, 0.1) is 6.61 Å². The van der Waals surface area contributed by atoms with Crippen molar-refractivity contribution in [1.29, 1.82) is 0 Å². The molecule has 0 bridgehead atoms. The van der Waals surface area contributed by atoms with Crippen LogP contribution in [0.25, 0.3) is 11.0 Å². The van der Waals surface area contributed by atoms with Crippen molar-refractivity contribution >= 4 is 22.9 Å². The summed E-state index contributed by atoms with van der Waals surface area (Å²) in [6.45, 7) is 3.08. The van der Waals surface area contributed by atoms with E-state index in [-0.39, 0.29) is 23.5 Å². The quantitative estimate of drug-likeness (QED) is 0.483. The van der Waals surface area contributed by atoms with Crippen LogP contribution in [0.4, 0.5) is 0 Å². The van der Waals surface area contributed by atoms with E-state index >= 15 is 0 Å². The molecule has 6 heteroatoms. The van der Waals surface area contributed by atoms with Crippen LogP contribution >= 0.6 is 0 Å². The van der Waals surface area contributed by atoms with Crippen molar-refractivity contribution in [3.63, 3.8) is 0 Å².